The molecule has 2 rings (SSSR count). The third kappa shape index (κ3) is 4.59. The molecule has 4 nitrogen and oxygen atoms in total. The van der Waals surface area contributed by atoms with Crippen LogP contribution < -0.4 is 10.1 Å². The van der Waals surface area contributed by atoms with E-state index in [1.807, 2.05) is 0 Å². The fourth-order valence-corrected chi connectivity index (χ4v) is 2.26. The lowest BCUT2D eigenvalue weighted by atomic mass is 10.2. The molecule has 1 aromatic rings. The van der Waals surface area contributed by atoms with Crippen LogP contribution in [0, 0.1) is 5.82 Å². The summed E-state index contributed by atoms with van der Waals surface area (Å²) in [5.41, 5.74) is -1.00. The van der Waals surface area contributed by atoms with Gasteiger partial charge >= 0.3 is 6.09 Å². The second kappa shape index (κ2) is 5.83. The summed E-state index contributed by atoms with van der Waals surface area (Å²) in [4.78, 5) is 11.8. The van der Waals surface area contributed by atoms with Crippen molar-refractivity contribution >= 4 is 22.0 Å². The molecule has 0 unspecified atom stereocenters. The number of para-hydroxylation sites is 1. The highest BCUT2D eigenvalue weighted by molar-refractivity contribution is 9.10. The van der Waals surface area contributed by atoms with E-state index < -0.39 is 23.1 Å². The third-order valence-electron chi connectivity index (χ3n) is 3.03. The van der Waals surface area contributed by atoms with E-state index in [-0.39, 0.29) is 12.4 Å². The summed E-state index contributed by atoms with van der Waals surface area (Å²) in [6.45, 7) is 5.63. The summed E-state index contributed by atoms with van der Waals surface area (Å²) in [6.07, 6.45) is 1.10. The zero-order valence-corrected chi connectivity index (χ0v) is 13.9. The van der Waals surface area contributed by atoms with E-state index in [9.17, 15) is 9.18 Å². The number of alkyl carbamates (subject to hydrolysis) is 1. The Morgan fingerprint density at radius 2 is 2.10 bits per heavy atom. The average molecular weight is 360 g/mol. The van der Waals surface area contributed by atoms with Crippen molar-refractivity contribution in [2.75, 3.05) is 6.61 Å². The largest absolute Gasteiger partial charge is 0.487 e. The second-order valence-electron chi connectivity index (χ2n) is 6.25. The van der Waals surface area contributed by atoms with Crippen molar-refractivity contribution in [3.8, 4) is 5.75 Å². The Labute approximate surface area is 132 Å². The Kier molecular flexibility index (Phi) is 4.46. The number of hydrogen-bond acceptors (Lipinski definition) is 3. The van der Waals surface area contributed by atoms with Crippen molar-refractivity contribution < 1.29 is 18.7 Å². The van der Waals surface area contributed by atoms with E-state index >= 15 is 0 Å². The summed E-state index contributed by atoms with van der Waals surface area (Å²) in [6, 6.07) is 4.64. The number of carbonyl (C=O) groups is 1. The number of halogens is 2. The molecule has 0 aromatic heterocycles. The lowest BCUT2D eigenvalue weighted by Gasteiger charge is -2.23. The molecule has 0 bridgehead atoms. The van der Waals surface area contributed by atoms with Crippen LogP contribution in [0.5, 0.6) is 5.75 Å². The van der Waals surface area contributed by atoms with Crippen LogP contribution >= 0.6 is 15.9 Å². The van der Waals surface area contributed by atoms with Crippen LogP contribution in [0.4, 0.5) is 9.18 Å². The molecule has 0 spiro atoms. The Hall–Kier alpha value is -1.30. The van der Waals surface area contributed by atoms with E-state index in [0.29, 0.717) is 4.47 Å². The van der Waals surface area contributed by atoms with E-state index in [2.05, 4.69) is 21.2 Å². The molecule has 1 N–H and O–H groups in total. The number of rotatable bonds is 4. The van der Waals surface area contributed by atoms with E-state index in [1.165, 1.54) is 6.07 Å². The van der Waals surface area contributed by atoms with Crippen LogP contribution in [0.2, 0.25) is 0 Å². The molecule has 0 heterocycles. The molecule has 0 radical (unpaired) electrons. The molecular formula is C15H19BrFNO3. The van der Waals surface area contributed by atoms with Crippen LogP contribution in [0.15, 0.2) is 22.7 Å². The van der Waals surface area contributed by atoms with Crippen LogP contribution in [0.25, 0.3) is 0 Å². The Bertz CT molecular complexity index is 518. The SMILES string of the molecule is CC(C)(C)OC(=O)NC1(COc2c(F)cccc2Br)CC1. The predicted octanol–water partition coefficient (Wildman–Crippen LogP) is 4.02. The summed E-state index contributed by atoms with van der Waals surface area (Å²) >= 11 is 3.25. The van der Waals surface area contributed by atoms with E-state index in [4.69, 9.17) is 9.47 Å². The van der Waals surface area contributed by atoms with Crippen LogP contribution in [-0.2, 0) is 4.74 Å². The van der Waals surface area contributed by atoms with Gasteiger partial charge in [0.2, 0.25) is 0 Å². The number of hydrogen-bond donors (Lipinski definition) is 1. The van der Waals surface area contributed by atoms with Gasteiger partial charge in [0.15, 0.2) is 11.6 Å². The minimum atomic E-state index is -0.546. The zero-order chi connectivity index (χ0) is 15.7. The van der Waals surface area contributed by atoms with Crippen molar-refractivity contribution in [1.82, 2.24) is 5.32 Å². The van der Waals surface area contributed by atoms with Gasteiger partial charge in [-0.1, -0.05) is 6.07 Å². The minimum Gasteiger partial charge on any atom is -0.487 e. The number of carbonyl (C=O) groups excluding carboxylic acids is 1. The number of nitrogens with one attached hydrogen (secondary N) is 1. The molecule has 1 aliphatic carbocycles. The molecule has 1 fully saturated rings. The quantitative estimate of drug-likeness (QED) is 0.882. The van der Waals surface area contributed by atoms with Gasteiger partial charge in [-0.05, 0) is 61.7 Å². The van der Waals surface area contributed by atoms with Gasteiger partial charge < -0.3 is 14.8 Å². The normalized spacial score (nSPS) is 16.2. The maximum absolute atomic E-state index is 13.7. The zero-order valence-electron chi connectivity index (χ0n) is 12.3. The van der Waals surface area contributed by atoms with Crippen molar-refractivity contribution in [3.05, 3.63) is 28.5 Å². The standard InChI is InChI=1S/C15H19BrFNO3/c1-14(2,3)21-13(19)18-15(7-8-15)9-20-12-10(16)5-4-6-11(12)17/h4-6H,7-9H2,1-3H3,(H,18,19). The summed E-state index contributed by atoms with van der Waals surface area (Å²) in [5.74, 6) is -0.271. The fourth-order valence-electron chi connectivity index (χ4n) is 1.81. The monoisotopic (exact) mass is 359 g/mol. The summed E-state index contributed by atoms with van der Waals surface area (Å²) < 4.78 is 25.0. The second-order valence-corrected chi connectivity index (χ2v) is 7.10. The first-order valence-corrected chi connectivity index (χ1v) is 7.58. The van der Waals surface area contributed by atoms with Gasteiger partial charge in [0, 0.05) is 0 Å². The molecule has 1 aromatic carbocycles. The Morgan fingerprint density at radius 1 is 1.43 bits per heavy atom. The molecule has 1 saturated carbocycles. The van der Waals surface area contributed by atoms with Crippen LogP contribution in [-0.4, -0.2) is 23.8 Å². The topological polar surface area (TPSA) is 47.6 Å². The number of amides is 1. The average Bonchev–Trinajstić information content (AvgIpc) is 3.05. The molecule has 6 heteroatoms. The van der Waals surface area contributed by atoms with Gasteiger partial charge in [-0.2, -0.15) is 0 Å². The first kappa shape index (κ1) is 16.1. The molecule has 21 heavy (non-hydrogen) atoms. The number of ether oxygens (including phenoxy) is 2. The smallest absolute Gasteiger partial charge is 0.408 e. The highest BCUT2D eigenvalue weighted by atomic mass is 79.9. The Balaban J connectivity index is 1.92. The van der Waals surface area contributed by atoms with Gasteiger partial charge in [-0.3, -0.25) is 0 Å². The van der Waals surface area contributed by atoms with Crippen molar-refractivity contribution in [1.29, 1.82) is 0 Å². The molecule has 1 aliphatic rings. The fraction of sp³-hybridized carbons (Fsp3) is 0.533. The van der Waals surface area contributed by atoms with Gasteiger partial charge in [-0.15, -0.1) is 0 Å². The Morgan fingerprint density at radius 3 is 2.62 bits per heavy atom. The maximum atomic E-state index is 13.7. The molecule has 0 aliphatic heterocycles. The minimum absolute atomic E-state index is 0.162. The summed E-state index contributed by atoms with van der Waals surface area (Å²) in [5, 5.41) is 2.81. The first-order valence-electron chi connectivity index (χ1n) is 6.79. The molecular weight excluding hydrogens is 341 g/mol. The summed E-state index contributed by atoms with van der Waals surface area (Å²) in [7, 11) is 0. The van der Waals surface area contributed by atoms with Crippen molar-refractivity contribution in [3.63, 3.8) is 0 Å². The predicted molar refractivity (Wildman–Crippen MR) is 80.9 cm³/mol. The van der Waals surface area contributed by atoms with Gasteiger partial charge in [-0.25, -0.2) is 9.18 Å². The molecule has 0 saturated heterocycles. The van der Waals surface area contributed by atoms with Crippen LogP contribution in [0.3, 0.4) is 0 Å². The van der Waals surface area contributed by atoms with Crippen LogP contribution in [0.1, 0.15) is 33.6 Å². The van der Waals surface area contributed by atoms with Gasteiger partial charge in [0.1, 0.15) is 12.2 Å². The van der Waals surface area contributed by atoms with Crippen molar-refractivity contribution in [2.24, 2.45) is 0 Å². The third-order valence-corrected chi connectivity index (χ3v) is 3.66. The molecule has 0 atom stereocenters. The maximum Gasteiger partial charge on any atom is 0.408 e. The van der Waals surface area contributed by atoms with Gasteiger partial charge in [0.05, 0.1) is 10.0 Å². The molecule has 116 valence electrons. The highest BCUT2D eigenvalue weighted by Crippen LogP contribution is 2.37. The lowest BCUT2D eigenvalue weighted by molar-refractivity contribution is 0.0476. The highest BCUT2D eigenvalue weighted by Gasteiger charge is 2.46. The van der Waals surface area contributed by atoms with Gasteiger partial charge in [0.25, 0.3) is 0 Å². The van der Waals surface area contributed by atoms with E-state index in [1.54, 1.807) is 32.9 Å². The first-order chi connectivity index (χ1) is 9.71. The molecule has 1 amide bonds. The lowest BCUT2D eigenvalue weighted by Crippen LogP contribution is -2.44. The van der Waals surface area contributed by atoms with E-state index in [0.717, 1.165) is 12.8 Å². The van der Waals surface area contributed by atoms with Crippen molar-refractivity contribution in [2.45, 2.75) is 44.8 Å². The number of benzene rings is 1.